The average molecular weight is 400 g/mol. The fourth-order valence-corrected chi connectivity index (χ4v) is 3.37. The third kappa shape index (κ3) is 7.06. The van der Waals surface area contributed by atoms with E-state index in [1.54, 1.807) is 49.2 Å². The number of thioether (sulfide) groups is 1. The number of rotatable bonds is 9. The van der Waals surface area contributed by atoms with Crippen molar-refractivity contribution in [2.24, 2.45) is 0 Å². The topological polar surface area (TPSA) is 47.6 Å². The first-order valence-corrected chi connectivity index (χ1v) is 9.55. The van der Waals surface area contributed by atoms with E-state index in [4.69, 9.17) is 32.7 Å². The second-order valence-corrected chi connectivity index (χ2v) is 7.05. The lowest BCUT2D eigenvalue weighted by Crippen LogP contribution is -2.30. The van der Waals surface area contributed by atoms with Gasteiger partial charge in [0, 0.05) is 28.1 Å². The predicted octanol–water partition coefficient (Wildman–Crippen LogP) is 4.43. The number of nitrogens with one attached hydrogen (secondary N) is 1. The van der Waals surface area contributed by atoms with Gasteiger partial charge in [0.1, 0.15) is 11.5 Å². The molecular formula is C18H19Cl2NO3S. The van der Waals surface area contributed by atoms with Gasteiger partial charge in [0.05, 0.1) is 7.11 Å². The van der Waals surface area contributed by atoms with Crippen LogP contribution in [-0.2, 0) is 10.5 Å². The molecule has 0 saturated carbocycles. The van der Waals surface area contributed by atoms with Crippen molar-refractivity contribution in [3.05, 3.63) is 58.1 Å². The molecule has 0 aliphatic heterocycles. The monoisotopic (exact) mass is 399 g/mol. The highest BCUT2D eigenvalue weighted by atomic mass is 35.5. The highest BCUT2D eigenvalue weighted by Gasteiger charge is 2.04. The number of carbonyl (C=O) groups excluding carboxylic acids is 1. The molecule has 7 heteroatoms. The van der Waals surface area contributed by atoms with E-state index in [0.717, 1.165) is 22.8 Å². The second kappa shape index (κ2) is 10.4. The van der Waals surface area contributed by atoms with Gasteiger partial charge in [0.25, 0.3) is 5.91 Å². The summed E-state index contributed by atoms with van der Waals surface area (Å²) in [5, 5.41) is 4.11. The van der Waals surface area contributed by atoms with E-state index in [0.29, 0.717) is 22.3 Å². The standard InChI is InChI=1S/C18H19Cl2NO3S/c1-23-15-4-6-16(7-5-15)24-11-18(22)21-8-9-25-12-13-2-3-14(19)10-17(13)20/h2-7,10H,8-9,11-12H2,1H3,(H,21,22). The van der Waals surface area contributed by atoms with E-state index in [2.05, 4.69) is 5.32 Å². The van der Waals surface area contributed by atoms with E-state index in [1.165, 1.54) is 0 Å². The molecule has 0 aliphatic carbocycles. The molecule has 0 aliphatic rings. The van der Waals surface area contributed by atoms with E-state index >= 15 is 0 Å². The first-order valence-electron chi connectivity index (χ1n) is 7.63. The Morgan fingerprint density at radius 2 is 1.84 bits per heavy atom. The van der Waals surface area contributed by atoms with E-state index in [9.17, 15) is 4.79 Å². The molecule has 1 N–H and O–H groups in total. The van der Waals surface area contributed by atoms with Crippen LogP contribution in [-0.4, -0.2) is 31.9 Å². The number of amides is 1. The summed E-state index contributed by atoms with van der Waals surface area (Å²) in [6, 6.07) is 12.6. The van der Waals surface area contributed by atoms with Crippen LogP contribution in [0.5, 0.6) is 11.5 Å². The molecule has 2 aromatic rings. The molecule has 0 bridgehead atoms. The van der Waals surface area contributed by atoms with Gasteiger partial charge in [-0.1, -0.05) is 29.3 Å². The first kappa shape index (κ1) is 19.8. The van der Waals surface area contributed by atoms with Gasteiger partial charge < -0.3 is 14.8 Å². The van der Waals surface area contributed by atoms with Crippen molar-refractivity contribution < 1.29 is 14.3 Å². The first-order chi connectivity index (χ1) is 12.1. The minimum Gasteiger partial charge on any atom is -0.497 e. The molecule has 1 amide bonds. The van der Waals surface area contributed by atoms with Gasteiger partial charge in [-0.15, -0.1) is 0 Å². The smallest absolute Gasteiger partial charge is 0.257 e. The Balaban J connectivity index is 1.60. The third-order valence-corrected chi connectivity index (χ3v) is 4.87. The molecule has 0 atom stereocenters. The summed E-state index contributed by atoms with van der Waals surface area (Å²) >= 11 is 13.7. The van der Waals surface area contributed by atoms with Crippen LogP contribution >= 0.6 is 35.0 Å². The highest BCUT2D eigenvalue weighted by molar-refractivity contribution is 7.98. The largest absolute Gasteiger partial charge is 0.497 e. The maximum atomic E-state index is 11.8. The SMILES string of the molecule is COc1ccc(OCC(=O)NCCSCc2ccc(Cl)cc2Cl)cc1. The van der Waals surface area contributed by atoms with Crippen molar-refractivity contribution in [2.75, 3.05) is 26.0 Å². The molecular weight excluding hydrogens is 381 g/mol. The quantitative estimate of drug-likeness (QED) is 0.633. The van der Waals surface area contributed by atoms with Crippen molar-refractivity contribution >= 4 is 40.9 Å². The van der Waals surface area contributed by atoms with Crippen molar-refractivity contribution in [3.63, 3.8) is 0 Å². The number of benzene rings is 2. The number of halogens is 2. The number of carbonyl (C=O) groups is 1. The second-order valence-electron chi connectivity index (χ2n) is 5.10. The molecule has 0 saturated heterocycles. The Kier molecular flexibility index (Phi) is 8.25. The Morgan fingerprint density at radius 3 is 2.52 bits per heavy atom. The molecule has 0 heterocycles. The molecule has 25 heavy (non-hydrogen) atoms. The van der Waals surface area contributed by atoms with Crippen LogP contribution in [0.25, 0.3) is 0 Å². The number of hydrogen-bond donors (Lipinski definition) is 1. The van der Waals surface area contributed by atoms with Crippen LogP contribution in [0.3, 0.4) is 0 Å². The van der Waals surface area contributed by atoms with Crippen LogP contribution in [0.15, 0.2) is 42.5 Å². The number of hydrogen-bond acceptors (Lipinski definition) is 4. The summed E-state index contributed by atoms with van der Waals surface area (Å²) in [5.74, 6) is 2.78. The van der Waals surface area contributed by atoms with Crippen LogP contribution < -0.4 is 14.8 Å². The van der Waals surface area contributed by atoms with Crippen LogP contribution in [0.2, 0.25) is 10.0 Å². The van der Waals surface area contributed by atoms with Gasteiger partial charge in [-0.2, -0.15) is 11.8 Å². The Morgan fingerprint density at radius 1 is 1.12 bits per heavy atom. The fourth-order valence-electron chi connectivity index (χ4n) is 1.96. The van der Waals surface area contributed by atoms with Crippen molar-refractivity contribution in [1.29, 1.82) is 0 Å². The predicted molar refractivity (Wildman–Crippen MR) is 104 cm³/mol. The lowest BCUT2D eigenvalue weighted by atomic mass is 10.2. The molecule has 134 valence electrons. The molecule has 0 unspecified atom stereocenters. The van der Waals surface area contributed by atoms with Crippen LogP contribution in [0.1, 0.15) is 5.56 Å². The molecule has 2 rings (SSSR count). The zero-order valence-corrected chi connectivity index (χ0v) is 16.1. The zero-order chi connectivity index (χ0) is 18.1. The lowest BCUT2D eigenvalue weighted by molar-refractivity contribution is -0.122. The fraction of sp³-hybridized carbons (Fsp3) is 0.278. The molecule has 0 spiro atoms. The molecule has 0 fully saturated rings. The van der Waals surface area contributed by atoms with Crippen molar-refractivity contribution in [1.82, 2.24) is 5.32 Å². The summed E-state index contributed by atoms with van der Waals surface area (Å²) in [4.78, 5) is 11.8. The van der Waals surface area contributed by atoms with Gasteiger partial charge in [-0.05, 0) is 42.0 Å². The summed E-state index contributed by atoms with van der Waals surface area (Å²) < 4.78 is 10.5. The maximum absolute atomic E-state index is 11.8. The summed E-state index contributed by atoms with van der Waals surface area (Å²) in [7, 11) is 1.60. The average Bonchev–Trinajstić information content (AvgIpc) is 2.61. The van der Waals surface area contributed by atoms with Gasteiger partial charge in [0.2, 0.25) is 0 Å². The molecule has 4 nitrogen and oxygen atoms in total. The van der Waals surface area contributed by atoms with Crippen molar-refractivity contribution in [2.45, 2.75) is 5.75 Å². The van der Waals surface area contributed by atoms with Crippen LogP contribution in [0.4, 0.5) is 0 Å². The molecule has 0 aromatic heterocycles. The van der Waals surface area contributed by atoms with Gasteiger partial charge in [-0.25, -0.2) is 0 Å². The van der Waals surface area contributed by atoms with E-state index < -0.39 is 0 Å². The molecule has 0 radical (unpaired) electrons. The highest BCUT2D eigenvalue weighted by Crippen LogP contribution is 2.24. The van der Waals surface area contributed by atoms with Crippen LogP contribution in [0, 0.1) is 0 Å². The van der Waals surface area contributed by atoms with Gasteiger partial charge in [-0.3, -0.25) is 4.79 Å². The number of ether oxygens (including phenoxy) is 2. The summed E-state index contributed by atoms with van der Waals surface area (Å²) in [6.45, 7) is 0.556. The van der Waals surface area contributed by atoms with Crippen molar-refractivity contribution in [3.8, 4) is 11.5 Å². The lowest BCUT2D eigenvalue weighted by Gasteiger charge is -2.08. The normalized spacial score (nSPS) is 10.4. The third-order valence-electron chi connectivity index (χ3n) is 3.27. The van der Waals surface area contributed by atoms with E-state index in [-0.39, 0.29) is 12.5 Å². The van der Waals surface area contributed by atoms with E-state index in [1.807, 2.05) is 12.1 Å². The summed E-state index contributed by atoms with van der Waals surface area (Å²) in [6.07, 6.45) is 0. The number of methoxy groups -OCH3 is 1. The minimum atomic E-state index is -0.152. The maximum Gasteiger partial charge on any atom is 0.257 e. The minimum absolute atomic E-state index is 0.0139. The Labute approximate surface area is 161 Å². The van der Waals surface area contributed by atoms with Gasteiger partial charge >= 0.3 is 0 Å². The summed E-state index contributed by atoms with van der Waals surface area (Å²) in [5.41, 5.74) is 1.03. The Bertz CT molecular complexity index is 695. The van der Waals surface area contributed by atoms with Gasteiger partial charge in [0.15, 0.2) is 6.61 Å². The Hall–Kier alpha value is -1.56. The zero-order valence-electron chi connectivity index (χ0n) is 13.8. The molecule has 2 aromatic carbocycles.